The van der Waals surface area contributed by atoms with E-state index in [1.165, 1.54) is 17.7 Å². The zero-order valence-corrected chi connectivity index (χ0v) is 15.4. The van der Waals surface area contributed by atoms with Crippen molar-refractivity contribution in [3.63, 3.8) is 0 Å². The highest BCUT2D eigenvalue weighted by molar-refractivity contribution is 5.95. The number of rotatable bonds is 4. The number of halogens is 1. The number of hydrogen-bond donors (Lipinski definition) is 1. The van der Waals surface area contributed by atoms with Gasteiger partial charge in [0.15, 0.2) is 0 Å². The van der Waals surface area contributed by atoms with Crippen LogP contribution in [0.2, 0.25) is 0 Å². The molecule has 4 rings (SSSR count). The average molecular weight is 360 g/mol. The zero-order valence-electron chi connectivity index (χ0n) is 15.4. The molecule has 0 amide bonds. The summed E-state index contributed by atoms with van der Waals surface area (Å²) >= 11 is 0. The van der Waals surface area contributed by atoms with Crippen molar-refractivity contribution >= 4 is 11.0 Å². The maximum atomic E-state index is 13.2. The molecule has 0 aliphatic heterocycles. The molecule has 0 radical (unpaired) electrons. The number of benzene rings is 2. The number of aromatic nitrogens is 2. The lowest BCUT2D eigenvalue weighted by Crippen LogP contribution is -2.03. The van der Waals surface area contributed by atoms with Gasteiger partial charge in [-0.3, -0.25) is 0 Å². The van der Waals surface area contributed by atoms with E-state index in [4.69, 9.17) is 4.98 Å². The van der Waals surface area contributed by atoms with Crippen molar-refractivity contribution in [2.75, 3.05) is 0 Å². The normalized spacial score (nSPS) is 11.3. The SMILES string of the molecule is Cc1ccc(-c2c(CO)c(C)nc3c2ccn3Cc2ccc(F)cc2)cc1. The second kappa shape index (κ2) is 6.97. The summed E-state index contributed by atoms with van der Waals surface area (Å²) in [5.74, 6) is -0.237. The van der Waals surface area contributed by atoms with E-state index in [1.54, 1.807) is 12.1 Å². The molecule has 0 aliphatic carbocycles. The van der Waals surface area contributed by atoms with Gasteiger partial charge >= 0.3 is 0 Å². The maximum absolute atomic E-state index is 13.2. The summed E-state index contributed by atoms with van der Waals surface area (Å²) in [6.07, 6.45) is 2.00. The molecule has 2 aromatic carbocycles. The van der Waals surface area contributed by atoms with Crippen LogP contribution in [0.1, 0.15) is 22.4 Å². The Balaban J connectivity index is 1.88. The van der Waals surface area contributed by atoms with Gasteiger partial charge in [0, 0.05) is 29.4 Å². The van der Waals surface area contributed by atoms with Gasteiger partial charge in [0.05, 0.1) is 6.61 Å². The van der Waals surface area contributed by atoms with Gasteiger partial charge in [-0.15, -0.1) is 0 Å². The van der Waals surface area contributed by atoms with Gasteiger partial charge in [-0.25, -0.2) is 9.37 Å². The molecule has 2 aromatic heterocycles. The van der Waals surface area contributed by atoms with Crippen molar-refractivity contribution in [2.24, 2.45) is 0 Å². The Hall–Kier alpha value is -2.98. The monoisotopic (exact) mass is 360 g/mol. The Morgan fingerprint density at radius 2 is 1.67 bits per heavy atom. The van der Waals surface area contributed by atoms with E-state index < -0.39 is 0 Å². The predicted octanol–water partition coefficient (Wildman–Crippen LogP) is 5.00. The Kier molecular flexibility index (Phi) is 4.50. The molecule has 0 atom stereocenters. The fourth-order valence-electron chi connectivity index (χ4n) is 3.51. The number of fused-ring (bicyclic) bond motifs is 1. The van der Waals surface area contributed by atoms with Gasteiger partial charge in [-0.2, -0.15) is 0 Å². The molecule has 136 valence electrons. The van der Waals surface area contributed by atoms with Gasteiger partial charge in [0.1, 0.15) is 11.5 Å². The van der Waals surface area contributed by atoms with Crippen molar-refractivity contribution < 1.29 is 9.50 Å². The zero-order chi connectivity index (χ0) is 19.0. The molecule has 0 saturated heterocycles. The first kappa shape index (κ1) is 17.4. The predicted molar refractivity (Wildman–Crippen MR) is 106 cm³/mol. The first-order valence-corrected chi connectivity index (χ1v) is 8.97. The van der Waals surface area contributed by atoms with Gasteiger partial charge in [-0.1, -0.05) is 42.0 Å². The van der Waals surface area contributed by atoms with E-state index in [1.807, 2.05) is 19.2 Å². The highest BCUT2D eigenvalue weighted by atomic mass is 19.1. The minimum absolute atomic E-state index is 0.0544. The van der Waals surface area contributed by atoms with E-state index in [0.29, 0.717) is 6.54 Å². The first-order chi connectivity index (χ1) is 13.1. The highest BCUT2D eigenvalue weighted by Crippen LogP contribution is 2.34. The maximum Gasteiger partial charge on any atom is 0.141 e. The third kappa shape index (κ3) is 3.24. The molecule has 4 heteroatoms. The minimum atomic E-state index is -0.237. The van der Waals surface area contributed by atoms with Gasteiger partial charge in [-0.05, 0) is 48.7 Å². The molecule has 2 heterocycles. The molecule has 1 N–H and O–H groups in total. The lowest BCUT2D eigenvalue weighted by Gasteiger charge is -2.14. The Labute approximate surface area is 157 Å². The largest absolute Gasteiger partial charge is 0.392 e. The summed E-state index contributed by atoms with van der Waals surface area (Å²) in [5, 5.41) is 11.0. The van der Waals surface area contributed by atoms with Crippen LogP contribution < -0.4 is 0 Å². The third-order valence-electron chi connectivity index (χ3n) is 4.98. The van der Waals surface area contributed by atoms with E-state index in [-0.39, 0.29) is 12.4 Å². The van der Waals surface area contributed by atoms with Crippen LogP contribution in [0.25, 0.3) is 22.2 Å². The fourth-order valence-corrected chi connectivity index (χ4v) is 3.51. The number of aliphatic hydroxyl groups is 1. The van der Waals surface area contributed by atoms with Gasteiger partial charge < -0.3 is 9.67 Å². The summed E-state index contributed by atoms with van der Waals surface area (Å²) in [6, 6.07) is 16.9. The molecular formula is C23H21FN2O. The summed E-state index contributed by atoms with van der Waals surface area (Å²) in [5.41, 5.74) is 6.84. The number of hydrogen-bond acceptors (Lipinski definition) is 2. The Morgan fingerprint density at radius 1 is 0.963 bits per heavy atom. The van der Waals surface area contributed by atoms with Crippen LogP contribution in [0.3, 0.4) is 0 Å². The molecule has 4 aromatic rings. The van der Waals surface area contributed by atoms with Crippen LogP contribution in [-0.2, 0) is 13.2 Å². The van der Waals surface area contributed by atoms with Crippen molar-refractivity contribution in [3.8, 4) is 11.1 Å². The Bertz CT molecular complexity index is 1100. The molecule has 0 saturated carbocycles. The smallest absolute Gasteiger partial charge is 0.141 e. The molecule has 0 fully saturated rings. The third-order valence-corrected chi connectivity index (χ3v) is 4.98. The molecule has 3 nitrogen and oxygen atoms in total. The summed E-state index contributed by atoms with van der Waals surface area (Å²) in [6.45, 7) is 4.55. The molecule has 27 heavy (non-hydrogen) atoms. The molecule has 0 bridgehead atoms. The second-order valence-electron chi connectivity index (χ2n) is 6.88. The van der Waals surface area contributed by atoms with Crippen molar-refractivity contribution in [2.45, 2.75) is 27.0 Å². The van der Waals surface area contributed by atoms with Crippen molar-refractivity contribution in [1.82, 2.24) is 9.55 Å². The van der Waals surface area contributed by atoms with Gasteiger partial charge in [0.2, 0.25) is 0 Å². The lowest BCUT2D eigenvalue weighted by atomic mass is 9.96. The van der Waals surface area contributed by atoms with Crippen molar-refractivity contribution in [3.05, 3.63) is 89.0 Å². The number of nitrogens with zero attached hydrogens (tertiary/aromatic N) is 2. The molecular weight excluding hydrogens is 339 g/mol. The van der Waals surface area contributed by atoms with E-state index in [2.05, 4.69) is 35.8 Å². The van der Waals surface area contributed by atoms with E-state index in [9.17, 15) is 9.50 Å². The molecule has 0 unspecified atom stereocenters. The van der Waals surface area contributed by atoms with Gasteiger partial charge in [0.25, 0.3) is 0 Å². The Morgan fingerprint density at radius 3 is 2.33 bits per heavy atom. The summed E-state index contributed by atoms with van der Waals surface area (Å²) in [7, 11) is 0. The lowest BCUT2D eigenvalue weighted by molar-refractivity contribution is 0.281. The molecule has 0 aliphatic rings. The summed E-state index contributed by atoms with van der Waals surface area (Å²) in [4.78, 5) is 4.75. The first-order valence-electron chi connectivity index (χ1n) is 8.97. The quantitative estimate of drug-likeness (QED) is 0.556. The topological polar surface area (TPSA) is 38.1 Å². The standard InChI is InChI=1S/C23H21FN2O/c1-15-3-7-18(8-4-15)22-20-11-12-26(13-17-5-9-19(24)10-6-17)23(20)25-16(2)21(22)14-27/h3-12,27H,13-14H2,1-2H3. The van der Waals surface area contributed by atoms with Crippen LogP contribution in [0.4, 0.5) is 4.39 Å². The van der Waals surface area contributed by atoms with Crippen LogP contribution in [0.5, 0.6) is 0 Å². The summed E-state index contributed by atoms with van der Waals surface area (Å²) < 4.78 is 15.2. The second-order valence-corrected chi connectivity index (χ2v) is 6.88. The van der Waals surface area contributed by atoms with Crippen LogP contribution in [-0.4, -0.2) is 14.7 Å². The van der Waals surface area contributed by atoms with E-state index in [0.717, 1.165) is 39.0 Å². The van der Waals surface area contributed by atoms with Crippen LogP contribution in [0, 0.1) is 19.7 Å². The van der Waals surface area contributed by atoms with Crippen LogP contribution >= 0.6 is 0 Å². The number of aliphatic hydroxyl groups excluding tert-OH is 1. The fraction of sp³-hybridized carbons (Fsp3) is 0.174. The highest BCUT2D eigenvalue weighted by Gasteiger charge is 2.16. The molecule has 0 spiro atoms. The minimum Gasteiger partial charge on any atom is -0.392 e. The van der Waals surface area contributed by atoms with Crippen molar-refractivity contribution in [1.29, 1.82) is 0 Å². The van der Waals surface area contributed by atoms with Crippen LogP contribution in [0.15, 0.2) is 60.8 Å². The number of aryl methyl sites for hydroxylation is 2. The average Bonchev–Trinajstić information content (AvgIpc) is 3.05. The number of pyridine rings is 1. The van der Waals surface area contributed by atoms with E-state index >= 15 is 0 Å².